The number of amides is 1. The van der Waals surface area contributed by atoms with Crippen LogP contribution in [-0.4, -0.2) is 61.3 Å². The maximum atomic E-state index is 11.4. The highest BCUT2D eigenvalue weighted by atomic mass is 16.5. The average molecular weight is 241 g/mol. The van der Waals surface area contributed by atoms with E-state index < -0.39 is 0 Å². The molecule has 0 aromatic rings. The molecule has 2 fully saturated rings. The Morgan fingerprint density at radius 1 is 1.12 bits per heavy atom. The Morgan fingerprint density at radius 2 is 1.71 bits per heavy atom. The molecular weight excluding hydrogens is 218 g/mol. The Bertz CT molecular complexity index is 256. The fraction of sp³-hybridized carbons (Fsp3) is 0.917. The van der Waals surface area contributed by atoms with E-state index in [0.29, 0.717) is 12.1 Å². The van der Waals surface area contributed by atoms with Gasteiger partial charge < -0.3 is 15.4 Å². The smallest absolute Gasteiger partial charge is 0.409 e. The molecule has 98 valence electrons. The molecule has 0 aromatic heterocycles. The van der Waals surface area contributed by atoms with Crippen LogP contribution in [-0.2, 0) is 4.74 Å². The van der Waals surface area contributed by atoms with Gasteiger partial charge in [0.25, 0.3) is 0 Å². The number of rotatable bonds is 1. The molecule has 1 saturated carbocycles. The van der Waals surface area contributed by atoms with Crippen molar-refractivity contribution in [1.29, 1.82) is 0 Å². The minimum absolute atomic E-state index is 0.199. The molecule has 1 aliphatic carbocycles. The third-order valence-electron chi connectivity index (χ3n) is 4.00. The molecule has 5 nitrogen and oxygen atoms in total. The van der Waals surface area contributed by atoms with E-state index in [4.69, 9.17) is 10.5 Å². The summed E-state index contributed by atoms with van der Waals surface area (Å²) in [6, 6.07) is 1.08. The summed E-state index contributed by atoms with van der Waals surface area (Å²) < 4.78 is 4.74. The Morgan fingerprint density at radius 3 is 2.24 bits per heavy atom. The van der Waals surface area contributed by atoms with Crippen molar-refractivity contribution < 1.29 is 9.53 Å². The van der Waals surface area contributed by atoms with Crippen molar-refractivity contribution in [3.8, 4) is 0 Å². The zero-order valence-corrected chi connectivity index (χ0v) is 10.6. The maximum Gasteiger partial charge on any atom is 0.409 e. The first kappa shape index (κ1) is 12.6. The molecule has 1 aliphatic heterocycles. The molecule has 5 heteroatoms. The minimum atomic E-state index is -0.199. The van der Waals surface area contributed by atoms with Crippen LogP contribution >= 0.6 is 0 Å². The highest BCUT2D eigenvalue weighted by Crippen LogP contribution is 2.23. The first-order valence-corrected chi connectivity index (χ1v) is 6.53. The quantitative estimate of drug-likeness (QED) is 0.732. The van der Waals surface area contributed by atoms with E-state index in [1.165, 1.54) is 20.0 Å². The molecule has 0 spiro atoms. The van der Waals surface area contributed by atoms with E-state index in [0.717, 1.165) is 39.0 Å². The highest BCUT2D eigenvalue weighted by molar-refractivity contribution is 5.67. The van der Waals surface area contributed by atoms with Crippen LogP contribution < -0.4 is 5.73 Å². The molecule has 2 rings (SSSR count). The van der Waals surface area contributed by atoms with Crippen molar-refractivity contribution in [2.24, 2.45) is 5.73 Å². The van der Waals surface area contributed by atoms with E-state index in [9.17, 15) is 4.79 Å². The van der Waals surface area contributed by atoms with E-state index in [2.05, 4.69) is 4.90 Å². The Hall–Kier alpha value is -0.810. The molecule has 0 atom stereocenters. The van der Waals surface area contributed by atoms with Crippen LogP contribution in [0.15, 0.2) is 0 Å². The van der Waals surface area contributed by atoms with Crippen molar-refractivity contribution in [3.63, 3.8) is 0 Å². The number of hydrogen-bond donors (Lipinski definition) is 1. The molecule has 1 amide bonds. The van der Waals surface area contributed by atoms with Crippen molar-refractivity contribution >= 4 is 6.09 Å². The van der Waals surface area contributed by atoms with Gasteiger partial charge in [-0.3, -0.25) is 4.90 Å². The lowest BCUT2D eigenvalue weighted by molar-refractivity contribution is 0.0636. The standard InChI is InChI=1S/C12H23N3O2/c1-17-12(16)15-8-6-14(7-9-15)11-4-2-10(13)3-5-11/h10-11H,2-9,13H2,1H3. The van der Waals surface area contributed by atoms with E-state index in [-0.39, 0.29) is 6.09 Å². The first-order valence-electron chi connectivity index (χ1n) is 6.53. The topological polar surface area (TPSA) is 58.8 Å². The predicted octanol–water partition coefficient (Wildman–Crippen LogP) is 0.640. The summed E-state index contributed by atoms with van der Waals surface area (Å²) in [7, 11) is 1.44. The monoisotopic (exact) mass is 241 g/mol. The molecule has 17 heavy (non-hydrogen) atoms. The average Bonchev–Trinajstić information content (AvgIpc) is 2.39. The second-order valence-corrected chi connectivity index (χ2v) is 5.06. The van der Waals surface area contributed by atoms with Gasteiger partial charge in [0.1, 0.15) is 0 Å². The van der Waals surface area contributed by atoms with Crippen molar-refractivity contribution in [2.45, 2.75) is 37.8 Å². The number of nitrogens with two attached hydrogens (primary N) is 1. The van der Waals surface area contributed by atoms with Crippen molar-refractivity contribution in [2.75, 3.05) is 33.3 Å². The van der Waals surface area contributed by atoms with Crippen LogP contribution in [0.4, 0.5) is 4.79 Å². The number of nitrogens with zero attached hydrogens (tertiary/aromatic N) is 2. The molecule has 1 heterocycles. The molecular formula is C12H23N3O2. The lowest BCUT2D eigenvalue weighted by atomic mass is 9.90. The third-order valence-corrected chi connectivity index (χ3v) is 4.00. The fourth-order valence-electron chi connectivity index (χ4n) is 2.87. The number of hydrogen-bond acceptors (Lipinski definition) is 4. The second kappa shape index (κ2) is 5.69. The second-order valence-electron chi connectivity index (χ2n) is 5.06. The summed E-state index contributed by atoms with van der Waals surface area (Å²) >= 11 is 0. The normalized spacial score (nSPS) is 31.3. The third kappa shape index (κ3) is 3.10. The van der Waals surface area contributed by atoms with Crippen LogP contribution in [0, 0.1) is 0 Å². The number of ether oxygens (including phenoxy) is 1. The maximum absolute atomic E-state index is 11.4. The van der Waals surface area contributed by atoms with Crippen LogP contribution in [0.2, 0.25) is 0 Å². The van der Waals surface area contributed by atoms with E-state index in [1.54, 1.807) is 4.90 Å². The van der Waals surface area contributed by atoms with Gasteiger partial charge in [0.05, 0.1) is 7.11 Å². The van der Waals surface area contributed by atoms with Gasteiger partial charge in [-0.1, -0.05) is 0 Å². The van der Waals surface area contributed by atoms with Gasteiger partial charge in [-0.25, -0.2) is 4.79 Å². The molecule has 2 aliphatic rings. The summed E-state index contributed by atoms with van der Waals surface area (Å²) in [5, 5.41) is 0. The van der Waals surface area contributed by atoms with Gasteiger partial charge in [-0.05, 0) is 25.7 Å². The van der Waals surface area contributed by atoms with Gasteiger partial charge in [0.2, 0.25) is 0 Å². The summed E-state index contributed by atoms with van der Waals surface area (Å²) in [6.07, 6.45) is 4.50. The summed E-state index contributed by atoms with van der Waals surface area (Å²) in [6.45, 7) is 3.51. The molecule has 1 saturated heterocycles. The van der Waals surface area contributed by atoms with Crippen LogP contribution in [0.5, 0.6) is 0 Å². The lowest BCUT2D eigenvalue weighted by Crippen LogP contribution is -2.53. The van der Waals surface area contributed by atoms with Crippen molar-refractivity contribution in [1.82, 2.24) is 9.80 Å². The molecule has 0 bridgehead atoms. The highest BCUT2D eigenvalue weighted by Gasteiger charge is 2.28. The lowest BCUT2D eigenvalue weighted by Gasteiger charge is -2.41. The number of piperazine rings is 1. The van der Waals surface area contributed by atoms with Gasteiger partial charge >= 0.3 is 6.09 Å². The van der Waals surface area contributed by atoms with Crippen molar-refractivity contribution in [3.05, 3.63) is 0 Å². The zero-order valence-electron chi connectivity index (χ0n) is 10.6. The Labute approximate surface area is 103 Å². The van der Waals surface area contributed by atoms with Crippen LogP contribution in [0.1, 0.15) is 25.7 Å². The molecule has 0 aromatic carbocycles. The van der Waals surface area contributed by atoms with Gasteiger partial charge in [-0.2, -0.15) is 0 Å². The van der Waals surface area contributed by atoms with Gasteiger partial charge in [-0.15, -0.1) is 0 Å². The Balaban J connectivity index is 1.77. The predicted molar refractivity (Wildman–Crippen MR) is 65.8 cm³/mol. The molecule has 2 N–H and O–H groups in total. The SMILES string of the molecule is COC(=O)N1CCN(C2CCC(N)CC2)CC1. The molecule has 0 radical (unpaired) electrons. The summed E-state index contributed by atoms with van der Waals surface area (Å²) in [5.41, 5.74) is 5.92. The Kier molecular flexibility index (Phi) is 4.23. The summed E-state index contributed by atoms with van der Waals surface area (Å²) in [4.78, 5) is 15.6. The number of methoxy groups -OCH3 is 1. The molecule has 0 unspecified atom stereocenters. The van der Waals surface area contributed by atoms with E-state index in [1.807, 2.05) is 0 Å². The minimum Gasteiger partial charge on any atom is -0.453 e. The number of carbonyl (C=O) groups is 1. The summed E-state index contributed by atoms with van der Waals surface area (Å²) in [5.74, 6) is 0. The zero-order chi connectivity index (χ0) is 12.3. The van der Waals surface area contributed by atoms with Gasteiger partial charge in [0.15, 0.2) is 0 Å². The number of carbonyl (C=O) groups excluding carboxylic acids is 1. The largest absolute Gasteiger partial charge is 0.453 e. The van der Waals surface area contributed by atoms with E-state index >= 15 is 0 Å². The van der Waals surface area contributed by atoms with Gasteiger partial charge in [0, 0.05) is 38.3 Å². The fourth-order valence-corrected chi connectivity index (χ4v) is 2.87. The van der Waals surface area contributed by atoms with Crippen LogP contribution in [0.25, 0.3) is 0 Å². The first-order chi connectivity index (χ1) is 8.20. The van der Waals surface area contributed by atoms with Crippen LogP contribution in [0.3, 0.4) is 0 Å².